The molecular weight excluding hydrogens is 114 g/mol. The number of hydrogen-bond donors (Lipinski definition) is 0. The van der Waals surface area contributed by atoms with Crippen molar-refractivity contribution < 1.29 is 65.6 Å². The summed E-state index contributed by atoms with van der Waals surface area (Å²) in [5.41, 5.74) is 0. The maximum absolute atomic E-state index is 9.59. The van der Waals surface area contributed by atoms with E-state index in [9.17, 15) is 9.59 Å². The van der Waals surface area contributed by atoms with E-state index in [1.54, 1.807) is 0 Å². The summed E-state index contributed by atoms with van der Waals surface area (Å²) < 4.78 is 3.72. The second kappa shape index (κ2) is 10.7. The summed E-state index contributed by atoms with van der Waals surface area (Å²) in [5.74, 6) is -0.579. The van der Waals surface area contributed by atoms with E-state index in [2.05, 4.69) is 4.74 Å². The predicted octanol–water partition coefficient (Wildman–Crippen LogP) is -6.06. The Balaban J connectivity index is -0.0000000208. The molecule has 0 aliphatic heterocycles. The summed E-state index contributed by atoms with van der Waals surface area (Å²) in [6, 6.07) is 0. The molecule has 0 heterocycles. The Labute approximate surface area is 84.6 Å². The molecule has 0 fully saturated rings. The van der Waals surface area contributed by atoms with E-state index >= 15 is 0 Å². The maximum atomic E-state index is 9.59. The third kappa shape index (κ3) is 15.9. The molecule has 0 aliphatic rings. The fraction of sp³-hybridized carbons (Fsp3) is 0.333. The van der Waals surface area contributed by atoms with Crippen molar-refractivity contribution in [1.29, 1.82) is 0 Å². The molecule has 0 atom stereocenters. The zero-order chi connectivity index (χ0) is 4.99. The Morgan fingerprint density at radius 3 is 2.12 bits per heavy atom. The van der Waals surface area contributed by atoms with Gasteiger partial charge in [0.1, 0.15) is 0 Å². The van der Waals surface area contributed by atoms with Crippen LogP contribution in [0.4, 0.5) is 0 Å². The van der Waals surface area contributed by atoms with Crippen molar-refractivity contribution in [3.8, 4) is 0 Å². The molecule has 0 saturated heterocycles. The zero-order valence-electron chi connectivity index (χ0n) is 7.30. The molecule has 38 valence electrons. The van der Waals surface area contributed by atoms with Crippen LogP contribution in [-0.4, -0.2) is 12.4 Å². The van der Waals surface area contributed by atoms with Gasteiger partial charge in [0.15, 0.2) is 0 Å². The first kappa shape index (κ1) is 15.9. The molecule has 0 aromatic carbocycles. The molecule has 0 amide bonds. The molecule has 0 bridgehead atoms. The van der Waals surface area contributed by atoms with Crippen LogP contribution in [0.2, 0.25) is 0 Å². The third-order valence-corrected chi connectivity index (χ3v) is 0.214. The topological polar surface area (TPSA) is 43.4 Å². The van der Waals surface area contributed by atoms with E-state index in [0.717, 1.165) is 6.92 Å². The molecule has 0 radical (unpaired) electrons. The van der Waals surface area contributed by atoms with E-state index in [1.165, 1.54) is 0 Å². The van der Waals surface area contributed by atoms with Gasteiger partial charge in [-0.3, -0.25) is 9.59 Å². The van der Waals surface area contributed by atoms with E-state index in [1.807, 2.05) is 0 Å². The van der Waals surface area contributed by atoms with Gasteiger partial charge in [0.25, 0.3) is 0 Å². The Bertz CT molecular complexity index is 82.1. The van der Waals surface area contributed by atoms with Gasteiger partial charge < -0.3 is 7.59 Å². The third-order valence-electron chi connectivity index (χ3n) is 0.214. The Hall–Kier alpha value is 0.737. The SMILES string of the molecule is CC(=O)OC=O.[H-].[H-].[Li+].[Na+]. The van der Waals surface area contributed by atoms with Gasteiger partial charge in [-0.05, 0) is 0 Å². The molecule has 5 heteroatoms. The van der Waals surface area contributed by atoms with Crippen LogP contribution in [0.1, 0.15) is 9.78 Å². The van der Waals surface area contributed by atoms with Crippen LogP contribution >= 0.6 is 0 Å². The molecule has 8 heavy (non-hydrogen) atoms. The first-order valence-electron chi connectivity index (χ1n) is 1.38. The fourth-order valence-electron chi connectivity index (χ4n) is 0.0678. The minimum absolute atomic E-state index is 0. The average Bonchev–Trinajstić information content (AvgIpc) is 1.35. The molecule has 0 N–H and O–H groups in total. The first-order valence-corrected chi connectivity index (χ1v) is 1.38. The van der Waals surface area contributed by atoms with Gasteiger partial charge in [-0.1, -0.05) is 0 Å². The summed E-state index contributed by atoms with van der Waals surface area (Å²) in [4.78, 5) is 18.8. The normalized spacial score (nSPS) is 5.12. The van der Waals surface area contributed by atoms with Crippen LogP contribution in [0.15, 0.2) is 0 Å². The largest absolute Gasteiger partial charge is 1.00 e. The van der Waals surface area contributed by atoms with Crippen molar-refractivity contribution in [3.05, 3.63) is 0 Å². The molecule has 0 saturated carbocycles. The smallest absolute Gasteiger partial charge is 1.00 e. The van der Waals surface area contributed by atoms with Gasteiger partial charge >= 0.3 is 60.9 Å². The first-order chi connectivity index (χ1) is 2.77. The average molecular weight is 120 g/mol. The molecule has 0 aliphatic carbocycles. The number of esters is 1. The van der Waals surface area contributed by atoms with E-state index in [-0.39, 0.29) is 57.7 Å². The number of rotatable bonds is 1. The summed E-state index contributed by atoms with van der Waals surface area (Å²) >= 11 is 0. The molecule has 0 rings (SSSR count). The predicted molar refractivity (Wildman–Crippen MR) is 20.1 cm³/mol. The number of carbonyl (C=O) groups excluding carboxylic acids is 2. The van der Waals surface area contributed by atoms with Crippen molar-refractivity contribution in [2.45, 2.75) is 6.92 Å². The van der Waals surface area contributed by atoms with Gasteiger partial charge in [0.2, 0.25) is 0 Å². The Kier molecular flexibility index (Phi) is 21.2. The van der Waals surface area contributed by atoms with Crippen LogP contribution in [0.5, 0.6) is 0 Å². The second-order valence-electron chi connectivity index (χ2n) is 0.706. The summed E-state index contributed by atoms with van der Waals surface area (Å²) in [7, 11) is 0. The van der Waals surface area contributed by atoms with Crippen molar-refractivity contribution in [3.63, 3.8) is 0 Å². The number of ether oxygens (including phenoxy) is 1. The van der Waals surface area contributed by atoms with Crippen molar-refractivity contribution >= 4 is 12.4 Å². The Morgan fingerprint density at radius 1 is 1.75 bits per heavy atom. The molecule has 0 aromatic heterocycles. The van der Waals surface area contributed by atoms with Gasteiger partial charge in [-0.2, -0.15) is 0 Å². The second-order valence-corrected chi connectivity index (χ2v) is 0.706. The Morgan fingerprint density at radius 2 is 2.12 bits per heavy atom. The molecule has 0 spiro atoms. The van der Waals surface area contributed by atoms with Crippen LogP contribution in [0.25, 0.3) is 0 Å². The summed E-state index contributed by atoms with van der Waals surface area (Å²) in [6.07, 6.45) is 0. The van der Waals surface area contributed by atoms with E-state index in [0.29, 0.717) is 0 Å². The quantitative estimate of drug-likeness (QED) is 0.150. The maximum Gasteiger partial charge on any atom is 1.00 e. The van der Waals surface area contributed by atoms with Gasteiger partial charge in [-0.25, -0.2) is 0 Å². The van der Waals surface area contributed by atoms with Gasteiger partial charge in [-0.15, -0.1) is 0 Å². The van der Waals surface area contributed by atoms with Crippen LogP contribution in [0, 0.1) is 0 Å². The summed E-state index contributed by atoms with van der Waals surface area (Å²) in [6.45, 7) is 1.26. The summed E-state index contributed by atoms with van der Waals surface area (Å²) in [5, 5.41) is 0. The minimum atomic E-state index is -0.579. The minimum Gasteiger partial charge on any atom is -1.00 e. The van der Waals surface area contributed by atoms with Crippen molar-refractivity contribution in [2.24, 2.45) is 0 Å². The van der Waals surface area contributed by atoms with Gasteiger partial charge in [0.05, 0.1) is 0 Å². The van der Waals surface area contributed by atoms with Crippen molar-refractivity contribution in [2.75, 3.05) is 0 Å². The number of hydrogen-bond acceptors (Lipinski definition) is 3. The zero-order valence-corrected chi connectivity index (χ0v) is 7.30. The molecule has 0 aromatic rings. The fourth-order valence-corrected chi connectivity index (χ4v) is 0.0678. The van der Waals surface area contributed by atoms with Crippen LogP contribution < -0.4 is 48.4 Å². The van der Waals surface area contributed by atoms with Crippen LogP contribution in [0.3, 0.4) is 0 Å². The molecule has 3 nitrogen and oxygen atoms in total. The molecular formula is C3H6LiNaO3. The van der Waals surface area contributed by atoms with Gasteiger partial charge in [0, 0.05) is 6.92 Å². The van der Waals surface area contributed by atoms with Crippen LogP contribution in [-0.2, 0) is 14.3 Å². The van der Waals surface area contributed by atoms with E-state index < -0.39 is 5.97 Å². The van der Waals surface area contributed by atoms with E-state index in [4.69, 9.17) is 0 Å². The monoisotopic (exact) mass is 120 g/mol. The standard InChI is InChI=1S/C3H4O3.Li.Na.2H/c1-3(5)6-2-4;;;;/h2H,1H3;;;;/q;2*+1;2*-1. The number of carbonyl (C=O) groups is 2. The molecule has 0 unspecified atom stereocenters. The van der Waals surface area contributed by atoms with Crippen molar-refractivity contribution in [1.82, 2.24) is 0 Å².